The van der Waals surface area contributed by atoms with E-state index < -0.39 is 18.1 Å². The summed E-state index contributed by atoms with van der Waals surface area (Å²) in [5.74, 6) is -0.776. The normalized spacial score (nSPS) is 13.0. The number of nitrogens with one attached hydrogen (secondary N) is 1. The summed E-state index contributed by atoms with van der Waals surface area (Å²) in [7, 11) is 0. The highest BCUT2D eigenvalue weighted by atomic mass is 16.6. The summed E-state index contributed by atoms with van der Waals surface area (Å²) in [6.45, 7) is 5.09. The molecule has 2 aromatic carbocycles. The minimum Gasteiger partial charge on any atom is -0.460 e. The van der Waals surface area contributed by atoms with E-state index in [0.29, 0.717) is 0 Å². The zero-order chi connectivity index (χ0) is 21.5. The van der Waals surface area contributed by atoms with E-state index in [1.54, 1.807) is 0 Å². The van der Waals surface area contributed by atoms with E-state index in [1.165, 1.54) is 13.0 Å². The first-order chi connectivity index (χ1) is 14.5. The van der Waals surface area contributed by atoms with Crippen LogP contribution in [0.1, 0.15) is 36.8 Å². The summed E-state index contributed by atoms with van der Waals surface area (Å²) in [6.07, 6.45) is 1.02. The Balaban J connectivity index is 1.66. The minimum absolute atomic E-state index is 0.0295. The number of fused-ring (bicyclic) bond motifs is 3. The minimum atomic E-state index is -0.954. The van der Waals surface area contributed by atoms with Gasteiger partial charge in [0, 0.05) is 12.3 Å². The number of amides is 1. The summed E-state index contributed by atoms with van der Waals surface area (Å²) in [6, 6.07) is 15.1. The number of carbonyl (C=O) groups excluding carboxylic acids is 3. The lowest BCUT2D eigenvalue weighted by Gasteiger charge is -2.18. The maximum atomic E-state index is 12.4. The molecule has 1 unspecified atom stereocenters. The highest BCUT2D eigenvalue weighted by molar-refractivity contribution is 5.83. The van der Waals surface area contributed by atoms with Crippen LogP contribution in [0, 0.1) is 0 Å². The van der Waals surface area contributed by atoms with Crippen LogP contribution in [0.2, 0.25) is 0 Å². The molecule has 0 aliphatic heterocycles. The van der Waals surface area contributed by atoms with Crippen molar-refractivity contribution in [1.29, 1.82) is 0 Å². The summed E-state index contributed by atoms with van der Waals surface area (Å²) in [4.78, 5) is 35.9. The van der Waals surface area contributed by atoms with E-state index in [-0.39, 0.29) is 37.8 Å². The Bertz CT molecular complexity index is 907. The van der Waals surface area contributed by atoms with E-state index in [9.17, 15) is 14.4 Å². The van der Waals surface area contributed by atoms with Gasteiger partial charge in [-0.15, -0.1) is 0 Å². The summed E-state index contributed by atoms with van der Waals surface area (Å²) >= 11 is 0. The van der Waals surface area contributed by atoms with Gasteiger partial charge in [0.25, 0.3) is 0 Å². The van der Waals surface area contributed by atoms with Gasteiger partial charge in [0.2, 0.25) is 0 Å². The van der Waals surface area contributed by atoms with E-state index in [4.69, 9.17) is 9.47 Å². The number of esters is 1. The number of benzene rings is 2. The number of rotatable bonds is 9. The monoisotopic (exact) mass is 407 g/mol. The van der Waals surface area contributed by atoms with Crippen LogP contribution in [0.5, 0.6) is 0 Å². The maximum absolute atomic E-state index is 12.4. The van der Waals surface area contributed by atoms with Crippen molar-refractivity contribution in [3.05, 3.63) is 72.3 Å². The molecule has 6 nitrogen and oxygen atoms in total. The molecule has 0 fully saturated rings. The van der Waals surface area contributed by atoms with Gasteiger partial charge < -0.3 is 19.6 Å². The molecule has 0 saturated heterocycles. The fraction of sp³-hybridized carbons (Fsp3) is 0.292. The van der Waals surface area contributed by atoms with Crippen molar-refractivity contribution < 1.29 is 23.9 Å². The van der Waals surface area contributed by atoms with Gasteiger partial charge in [0.15, 0.2) is 0 Å². The third-order valence-electron chi connectivity index (χ3n) is 5.05. The van der Waals surface area contributed by atoms with Gasteiger partial charge in [-0.05, 0) is 35.6 Å². The summed E-state index contributed by atoms with van der Waals surface area (Å²) in [5, 5.41) is 2.53. The molecular weight excluding hydrogens is 382 g/mol. The van der Waals surface area contributed by atoms with E-state index in [1.807, 2.05) is 36.4 Å². The van der Waals surface area contributed by atoms with Crippen molar-refractivity contribution in [2.75, 3.05) is 13.2 Å². The topological polar surface area (TPSA) is 81.7 Å². The molecule has 0 bridgehead atoms. The van der Waals surface area contributed by atoms with Crippen LogP contribution in [0.15, 0.2) is 61.2 Å². The predicted molar refractivity (Wildman–Crippen MR) is 113 cm³/mol. The highest BCUT2D eigenvalue weighted by Crippen LogP contribution is 2.44. The zero-order valence-corrected chi connectivity index (χ0v) is 16.9. The van der Waals surface area contributed by atoms with E-state index >= 15 is 0 Å². The van der Waals surface area contributed by atoms with Crippen molar-refractivity contribution in [3.8, 4) is 11.1 Å². The smallest absolute Gasteiger partial charge is 0.407 e. The van der Waals surface area contributed by atoms with Crippen LogP contribution in [0.3, 0.4) is 0 Å². The Morgan fingerprint density at radius 3 is 2.20 bits per heavy atom. The fourth-order valence-corrected chi connectivity index (χ4v) is 3.62. The van der Waals surface area contributed by atoms with Crippen LogP contribution in [-0.4, -0.2) is 37.1 Å². The van der Waals surface area contributed by atoms with Crippen LogP contribution in [-0.2, 0) is 19.1 Å². The second-order valence-electron chi connectivity index (χ2n) is 7.18. The third kappa shape index (κ3) is 4.95. The second kappa shape index (κ2) is 9.87. The van der Waals surface area contributed by atoms with Crippen LogP contribution in [0.4, 0.5) is 4.79 Å². The zero-order valence-electron chi connectivity index (χ0n) is 16.9. The highest BCUT2D eigenvalue weighted by Gasteiger charge is 2.30. The second-order valence-corrected chi connectivity index (χ2v) is 7.18. The number of hydrogen-bond donors (Lipinski definition) is 1. The number of hydrogen-bond acceptors (Lipinski definition) is 5. The van der Waals surface area contributed by atoms with Gasteiger partial charge >= 0.3 is 12.1 Å². The van der Waals surface area contributed by atoms with Gasteiger partial charge in [-0.1, -0.05) is 61.2 Å². The molecule has 6 heteroatoms. The lowest BCUT2D eigenvalue weighted by molar-refractivity contribution is -0.145. The van der Waals surface area contributed by atoms with Crippen molar-refractivity contribution in [2.24, 2.45) is 0 Å². The lowest BCUT2D eigenvalue weighted by Crippen LogP contribution is -2.42. The molecule has 0 saturated carbocycles. The Morgan fingerprint density at radius 2 is 1.63 bits per heavy atom. The van der Waals surface area contributed by atoms with Gasteiger partial charge in [-0.2, -0.15) is 0 Å². The van der Waals surface area contributed by atoms with E-state index in [2.05, 4.69) is 24.0 Å². The summed E-state index contributed by atoms with van der Waals surface area (Å²) < 4.78 is 10.5. The SMILES string of the molecule is C=CCOC(=O)C(CCC(C)=O)NC(=O)OCC1c2ccccc2-c2ccccc21. The Kier molecular flexibility index (Phi) is 7.01. The number of alkyl carbamates (subject to hydrolysis) is 1. The molecule has 1 aliphatic rings. The molecular formula is C24H25NO5. The van der Waals surface area contributed by atoms with Gasteiger partial charge in [-0.25, -0.2) is 9.59 Å². The molecule has 0 aromatic heterocycles. The lowest BCUT2D eigenvalue weighted by atomic mass is 9.98. The van der Waals surface area contributed by atoms with Crippen molar-refractivity contribution in [1.82, 2.24) is 5.32 Å². The predicted octanol–water partition coefficient (Wildman–Crippen LogP) is 3.99. The van der Waals surface area contributed by atoms with Crippen molar-refractivity contribution in [2.45, 2.75) is 31.7 Å². The molecule has 3 rings (SSSR count). The average molecular weight is 407 g/mol. The molecule has 1 aliphatic carbocycles. The molecule has 0 heterocycles. The third-order valence-corrected chi connectivity index (χ3v) is 5.05. The number of Topliss-reactive ketones (excluding diaryl/α,β-unsaturated/α-hetero) is 1. The number of ether oxygens (including phenoxy) is 2. The molecule has 1 amide bonds. The summed E-state index contributed by atoms with van der Waals surface area (Å²) in [5.41, 5.74) is 4.47. The molecule has 0 spiro atoms. The van der Waals surface area contributed by atoms with Crippen LogP contribution in [0.25, 0.3) is 11.1 Å². The Morgan fingerprint density at radius 1 is 1.03 bits per heavy atom. The van der Waals surface area contributed by atoms with Gasteiger partial charge in [0.1, 0.15) is 25.0 Å². The fourth-order valence-electron chi connectivity index (χ4n) is 3.62. The first-order valence-corrected chi connectivity index (χ1v) is 9.89. The standard InChI is InChI=1S/C24H25NO5/c1-3-14-29-23(27)22(13-12-16(2)26)25-24(28)30-15-21-19-10-6-4-8-17(19)18-9-5-7-11-20(18)21/h3-11,21-22H,1,12-15H2,2H3,(H,25,28). The molecule has 156 valence electrons. The largest absolute Gasteiger partial charge is 0.460 e. The Labute approximate surface area is 175 Å². The molecule has 1 atom stereocenters. The number of carbonyl (C=O) groups is 3. The van der Waals surface area contributed by atoms with Gasteiger partial charge in [-0.3, -0.25) is 0 Å². The molecule has 2 aromatic rings. The van der Waals surface area contributed by atoms with E-state index in [0.717, 1.165) is 22.3 Å². The molecule has 1 N–H and O–H groups in total. The van der Waals surface area contributed by atoms with Crippen LogP contribution >= 0.6 is 0 Å². The maximum Gasteiger partial charge on any atom is 0.407 e. The van der Waals surface area contributed by atoms with Crippen molar-refractivity contribution >= 4 is 17.8 Å². The van der Waals surface area contributed by atoms with Crippen molar-refractivity contribution in [3.63, 3.8) is 0 Å². The molecule has 0 radical (unpaired) electrons. The quantitative estimate of drug-likeness (QED) is 0.502. The number of ketones is 1. The first-order valence-electron chi connectivity index (χ1n) is 9.89. The van der Waals surface area contributed by atoms with Gasteiger partial charge in [0.05, 0.1) is 0 Å². The first kappa shape index (κ1) is 21.3. The average Bonchev–Trinajstić information content (AvgIpc) is 3.07. The van der Waals surface area contributed by atoms with Crippen LogP contribution < -0.4 is 5.32 Å². The molecule has 30 heavy (non-hydrogen) atoms. The Hall–Kier alpha value is -3.41.